The van der Waals surface area contributed by atoms with E-state index in [0.717, 1.165) is 24.2 Å². The number of imide groups is 1. The van der Waals surface area contributed by atoms with Crippen molar-refractivity contribution in [2.24, 2.45) is 5.92 Å². The average Bonchev–Trinajstić information content (AvgIpc) is 2.95. The van der Waals surface area contributed by atoms with Gasteiger partial charge >= 0.3 is 12.1 Å². The van der Waals surface area contributed by atoms with Crippen LogP contribution in [0.25, 0.3) is 0 Å². The lowest BCUT2D eigenvalue weighted by molar-refractivity contribution is -0.140. The predicted octanol–water partition coefficient (Wildman–Crippen LogP) is 2.91. The van der Waals surface area contributed by atoms with Crippen LogP contribution in [0.2, 0.25) is 5.02 Å². The predicted molar refractivity (Wildman–Crippen MR) is 124 cm³/mol. The van der Waals surface area contributed by atoms with E-state index in [0.29, 0.717) is 49.7 Å². The van der Waals surface area contributed by atoms with Gasteiger partial charge in [-0.2, -0.15) is 0 Å². The Bertz CT molecular complexity index is 957. The maximum Gasteiger partial charge on any atom is 0.325 e. The molecule has 1 aromatic rings. The summed E-state index contributed by atoms with van der Waals surface area (Å²) in [5.74, 6) is -0.519. The van der Waals surface area contributed by atoms with Crippen LogP contribution in [0.1, 0.15) is 39.0 Å². The van der Waals surface area contributed by atoms with Gasteiger partial charge in [0, 0.05) is 36.9 Å². The number of benzene rings is 1. The van der Waals surface area contributed by atoms with Gasteiger partial charge in [0.2, 0.25) is 5.91 Å². The van der Waals surface area contributed by atoms with E-state index in [4.69, 9.17) is 11.6 Å². The lowest BCUT2D eigenvalue weighted by atomic mass is 9.73. The number of hydrogen-bond acceptors (Lipinski definition) is 4. The summed E-state index contributed by atoms with van der Waals surface area (Å²) in [6.45, 7) is 3.38. The van der Waals surface area contributed by atoms with E-state index in [9.17, 15) is 19.2 Å². The van der Waals surface area contributed by atoms with Crippen molar-refractivity contribution >= 4 is 41.2 Å². The molecule has 2 N–H and O–H groups in total. The Balaban J connectivity index is 1.34. The molecule has 6 amide bonds. The van der Waals surface area contributed by atoms with Crippen LogP contribution in [0.15, 0.2) is 24.3 Å². The van der Waals surface area contributed by atoms with Gasteiger partial charge in [-0.15, -0.1) is 0 Å². The number of carbonyl (C=O) groups excluding carboxylic acids is 4. The highest BCUT2D eigenvalue weighted by atomic mass is 35.5. The van der Waals surface area contributed by atoms with Crippen molar-refractivity contribution in [3.05, 3.63) is 29.3 Å². The fraction of sp³-hybridized carbons (Fsp3) is 0.565. The first-order valence-electron chi connectivity index (χ1n) is 11.5. The molecule has 1 aromatic carbocycles. The Morgan fingerprint density at radius 1 is 1.12 bits per heavy atom. The van der Waals surface area contributed by atoms with E-state index in [1.165, 1.54) is 0 Å². The third-order valence-corrected chi connectivity index (χ3v) is 7.24. The van der Waals surface area contributed by atoms with E-state index < -0.39 is 11.6 Å². The van der Waals surface area contributed by atoms with E-state index in [1.54, 1.807) is 34.1 Å². The number of nitrogens with one attached hydrogen (secondary N) is 2. The number of rotatable bonds is 3. The molecule has 9 nitrogen and oxygen atoms in total. The molecular formula is C23H30ClN5O4. The van der Waals surface area contributed by atoms with Crippen molar-refractivity contribution in [3.8, 4) is 0 Å². The van der Waals surface area contributed by atoms with Gasteiger partial charge in [0.15, 0.2) is 0 Å². The first-order valence-corrected chi connectivity index (χ1v) is 11.9. The molecule has 10 heteroatoms. The monoisotopic (exact) mass is 475 g/mol. The van der Waals surface area contributed by atoms with E-state index >= 15 is 0 Å². The molecule has 2 heterocycles. The Morgan fingerprint density at radius 3 is 2.64 bits per heavy atom. The van der Waals surface area contributed by atoms with E-state index in [-0.39, 0.29) is 30.3 Å². The molecule has 1 spiro atoms. The molecule has 33 heavy (non-hydrogen) atoms. The number of anilines is 1. The summed E-state index contributed by atoms with van der Waals surface area (Å²) < 4.78 is 0. The molecule has 0 bridgehead atoms. The molecule has 1 aliphatic carbocycles. The molecule has 4 rings (SSSR count). The molecule has 1 saturated carbocycles. The summed E-state index contributed by atoms with van der Waals surface area (Å²) in [4.78, 5) is 55.7. The normalized spacial score (nSPS) is 25.8. The number of halogens is 1. The minimum atomic E-state index is -0.871. The molecule has 3 aliphatic rings. The van der Waals surface area contributed by atoms with Gasteiger partial charge in [0.1, 0.15) is 12.1 Å². The number of hydrogen-bond donors (Lipinski definition) is 2. The van der Waals surface area contributed by atoms with Crippen molar-refractivity contribution in [1.29, 1.82) is 0 Å². The van der Waals surface area contributed by atoms with Gasteiger partial charge in [0.25, 0.3) is 5.91 Å². The first kappa shape index (κ1) is 23.4. The highest BCUT2D eigenvalue weighted by Gasteiger charge is 2.55. The van der Waals surface area contributed by atoms with Crippen molar-refractivity contribution in [2.45, 2.75) is 44.6 Å². The zero-order chi connectivity index (χ0) is 23.6. The lowest BCUT2D eigenvalue weighted by Gasteiger charge is -2.36. The summed E-state index contributed by atoms with van der Waals surface area (Å²) in [7, 11) is 0. The Kier molecular flexibility index (Phi) is 6.78. The van der Waals surface area contributed by atoms with Crippen LogP contribution < -0.4 is 10.6 Å². The highest BCUT2D eigenvalue weighted by molar-refractivity contribution is 6.30. The van der Waals surface area contributed by atoms with Crippen LogP contribution in [0.3, 0.4) is 0 Å². The van der Waals surface area contributed by atoms with Crippen LogP contribution in [0, 0.1) is 5.92 Å². The largest absolute Gasteiger partial charge is 0.339 e. The first-order chi connectivity index (χ1) is 15.8. The maximum absolute atomic E-state index is 13.1. The van der Waals surface area contributed by atoms with Crippen molar-refractivity contribution in [2.75, 3.05) is 38.0 Å². The number of nitrogens with zero attached hydrogens (tertiary/aromatic N) is 3. The second-order valence-corrected chi connectivity index (χ2v) is 9.54. The summed E-state index contributed by atoms with van der Waals surface area (Å²) in [5.41, 5.74) is -0.266. The minimum Gasteiger partial charge on any atom is -0.339 e. The summed E-state index contributed by atoms with van der Waals surface area (Å²) in [6, 6.07) is 6.18. The SMILES string of the molecule is C[C@H]1CCCC[C@]12NC(=O)N(CC(=O)N1CCCN(C(=O)Nc3cccc(Cl)c3)CC1)C2=O. The highest BCUT2D eigenvalue weighted by Crippen LogP contribution is 2.38. The van der Waals surface area contributed by atoms with Crippen LogP contribution >= 0.6 is 11.6 Å². The third kappa shape index (κ3) is 4.78. The third-order valence-electron chi connectivity index (χ3n) is 7.01. The quantitative estimate of drug-likeness (QED) is 0.656. The Hall–Kier alpha value is -2.81. The number of amides is 6. The molecule has 0 aromatic heterocycles. The van der Waals surface area contributed by atoms with Crippen LogP contribution in [0.5, 0.6) is 0 Å². The summed E-state index contributed by atoms with van der Waals surface area (Å²) in [6.07, 6.45) is 4.03. The minimum absolute atomic E-state index is 0.0487. The molecule has 2 saturated heterocycles. The molecular weight excluding hydrogens is 446 g/mol. The van der Waals surface area contributed by atoms with Gasteiger partial charge in [-0.25, -0.2) is 9.59 Å². The summed E-state index contributed by atoms with van der Waals surface area (Å²) in [5, 5.41) is 6.24. The summed E-state index contributed by atoms with van der Waals surface area (Å²) >= 11 is 5.97. The zero-order valence-corrected chi connectivity index (χ0v) is 19.6. The second-order valence-electron chi connectivity index (χ2n) is 9.10. The average molecular weight is 476 g/mol. The van der Waals surface area contributed by atoms with Crippen molar-refractivity contribution in [3.63, 3.8) is 0 Å². The van der Waals surface area contributed by atoms with Gasteiger partial charge in [0.05, 0.1) is 0 Å². The smallest absolute Gasteiger partial charge is 0.325 e. The van der Waals surface area contributed by atoms with Gasteiger partial charge < -0.3 is 20.4 Å². The van der Waals surface area contributed by atoms with E-state index in [2.05, 4.69) is 10.6 Å². The topological polar surface area (TPSA) is 102 Å². The van der Waals surface area contributed by atoms with Crippen molar-refractivity contribution < 1.29 is 19.2 Å². The van der Waals surface area contributed by atoms with Crippen molar-refractivity contribution in [1.82, 2.24) is 20.0 Å². The van der Waals surface area contributed by atoms with Crippen LogP contribution in [0.4, 0.5) is 15.3 Å². The van der Waals surface area contributed by atoms with Gasteiger partial charge in [-0.1, -0.05) is 37.4 Å². The van der Waals surface area contributed by atoms with E-state index in [1.807, 2.05) is 6.92 Å². The van der Waals surface area contributed by atoms with Crippen LogP contribution in [-0.2, 0) is 9.59 Å². The molecule has 2 aliphatic heterocycles. The molecule has 0 unspecified atom stereocenters. The van der Waals surface area contributed by atoms with Gasteiger partial charge in [-0.05, 0) is 43.4 Å². The lowest BCUT2D eigenvalue weighted by Crippen LogP contribution is -2.54. The van der Waals surface area contributed by atoms with Gasteiger partial charge in [-0.3, -0.25) is 14.5 Å². The fourth-order valence-electron chi connectivity index (χ4n) is 5.01. The number of carbonyl (C=O) groups is 4. The Labute approximate surface area is 198 Å². The fourth-order valence-corrected chi connectivity index (χ4v) is 5.20. The van der Waals surface area contributed by atoms with Crippen LogP contribution in [-0.4, -0.2) is 76.8 Å². The zero-order valence-electron chi connectivity index (χ0n) is 18.8. The Morgan fingerprint density at radius 2 is 1.88 bits per heavy atom. The maximum atomic E-state index is 13.1. The number of urea groups is 2. The standard InChI is InChI=1S/C23H30ClN5O4/c1-16-6-2-3-9-23(16)20(31)29(22(33)26-23)15-19(30)27-10-5-11-28(13-12-27)21(32)25-18-8-4-7-17(24)14-18/h4,7-8,14,16H,2-3,5-6,9-13,15H2,1H3,(H,25,32)(H,26,33)/t16-,23-/m0/s1. The molecule has 178 valence electrons. The second kappa shape index (κ2) is 9.59. The molecule has 2 atom stereocenters. The molecule has 3 fully saturated rings. The molecule has 0 radical (unpaired) electrons.